The Morgan fingerprint density at radius 3 is 2.82 bits per heavy atom. The molecule has 0 aliphatic heterocycles. The first-order valence-corrected chi connectivity index (χ1v) is 6.17. The van der Waals surface area contributed by atoms with Crippen LogP contribution in [-0.2, 0) is 0 Å². The molecule has 1 aliphatic rings. The maximum atomic E-state index is 9.12. The predicted molar refractivity (Wildman–Crippen MR) is 70.1 cm³/mol. The standard InChI is InChI=1S/C13H16ClN3/c1-17(13(8-16)9-2-3-9)12-6-11(14)5-4-10(12)7-15/h4-6,9,13H,2-3,8,16H2,1H3. The van der Waals surface area contributed by atoms with Gasteiger partial charge in [0.2, 0.25) is 0 Å². The molecule has 0 aromatic heterocycles. The van der Waals surface area contributed by atoms with E-state index in [0.29, 0.717) is 29.1 Å². The van der Waals surface area contributed by atoms with Gasteiger partial charge in [-0.3, -0.25) is 0 Å². The van der Waals surface area contributed by atoms with Gasteiger partial charge in [-0.1, -0.05) is 11.6 Å². The average Bonchev–Trinajstić information content (AvgIpc) is 3.14. The molecule has 0 spiro atoms. The van der Waals surface area contributed by atoms with E-state index in [4.69, 9.17) is 22.6 Å². The van der Waals surface area contributed by atoms with Crippen molar-refractivity contribution in [1.82, 2.24) is 0 Å². The Labute approximate surface area is 107 Å². The molecule has 0 bridgehead atoms. The highest BCUT2D eigenvalue weighted by Crippen LogP contribution is 2.37. The van der Waals surface area contributed by atoms with Crippen LogP contribution in [0.3, 0.4) is 0 Å². The van der Waals surface area contributed by atoms with Gasteiger partial charge in [0.05, 0.1) is 11.3 Å². The molecule has 90 valence electrons. The van der Waals surface area contributed by atoms with Crippen LogP contribution < -0.4 is 10.6 Å². The summed E-state index contributed by atoms with van der Waals surface area (Å²) in [5.74, 6) is 0.663. The third kappa shape index (κ3) is 2.54. The van der Waals surface area contributed by atoms with Crippen LogP contribution in [0.5, 0.6) is 0 Å². The van der Waals surface area contributed by atoms with Crippen molar-refractivity contribution in [2.24, 2.45) is 11.7 Å². The Hall–Kier alpha value is -1.24. The Morgan fingerprint density at radius 2 is 2.29 bits per heavy atom. The van der Waals surface area contributed by atoms with Crippen LogP contribution in [-0.4, -0.2) is 19.6 Å². The molecule has 1 unspecified atom stereocenters. The predicted octanol–water partition coefficient (Wildman–Crippen LogP) is 2.39. The molecular formula is C13H16ClN3. The van der Waals surface area contributed by atoms with E-state index >= 15 is 0 Å². The number of benzene rings is 1. The molecule has 0 saturated heterocycles. The molecule has 1 aromatic rings. The van der Waals surface area contributed by atoms with E-state index in [2.05, 4.69) is 11.0 Å². The minimum absolute atomic E-state index is 0.306. The Kier molecular flexibility index (Phi) is 3.56. The summed E-state index contributed by atoms with van der Waals surface area (Å²) in [5, 5.41) is 9.77. The molecule has 1 fully saturated rings. The van der Waals surface area contributed by atoms with Gasteiger partial charge in [0, 0.05) is 24.7 Å². The zero-order chi connectivity index (χ0) is 12.4. The first-order chi connectivity index (χ1) is 8.17. The van der Waals surface area contributed by atoms with Crippen molar-refractivity contribution in [2.45, 2.75) is 18.9 Å². The van der Waals surface area contributed by atoms with Gasteiger partial charge in [0.25, 0.3) is 0 Å². The molecule has 2 N–H and O–H groups in total. The van der Waals surface area contributed by atoms with Crippen molar-refractivity contribution >= 4 is 17.3 Å². The molecule has 0 radical (unpaired) electrons. The molecule has 3 nitrogen and oxygen atoms in total. The second-order valence-electron chi connectivity index (χ2n) is 4.52. The minimum atomic E-state index is 0.306. The highest BCUT2D eigenvalue weighted by atomic mass is 35.5. The largest absolute Gasteiger partial charge is 0.369 e. The molecule has 1 atom stereocenters. The zero-order valence-electron chi connectivity index (χ0n) is 9.86. The molecule has 4 heteroatoms. The lowest BCUT2D eigenvalue weighted by molar-refractivity contribution is 0.570. The maximum absolute atomic E-state index is 9.12. The van der Waals surface area contributed by atoms with Crippen molar-refractivity contribution in [3.63, 3.8) is 0 Å². The monoisotopic (exact) mass is 249 g/mol. The quantitative estimate of drug-likeness (QED) is 0.892. The van der Waals surface area contributed by atoms with Gasteiger partial charge in [-0.2, -0.15) is 5.26 Å². The topological polar surface area (TPSA) is 53.0 Å². The smallest absolute Gasteiger partial charge is 0.101 e. The number of nitriles is 1. The van der Waals surface area contributed by atoms with Gasteiger partial charge in [-0.25, -0.2) is 0 Å². The summed E-state index contributed by atoms with van der Waals surface area (Å²) in [6.45, 7) is 0.610. The van der Waals surface area contributed by atoms with Crippen LogP contribution in [0.15, 0.2) is 18.2 Å². The van der Waals surface area contributed by atoms with Crippen molar-refractivity contribution < 1.29 is 0 Å². The second-order valence-corrected chi connectivity index (χ2v) is 4.96. The van der Waals surface area contributed by atoms with Gasteiger partial charge >= 0.3 is 0 Å². The van der Waals surface area contributed by atoms with Crippen LogP contribution >= 0.6 is 11.6 Å². The first-order valence-electron chi connectivity index (χ1n) is 5.80. The molecule has 1 aromatic carbocycles. The van der Waals surface area contributed by atoms with Gasteiger partial charge in [0.15, 0.2) is 0 Å². The number of hydrogen-bond acceptors (Lipinski definition) is 3. The fourth-order valence-electron chi connectivity index (χ4n) is 2.22. The van der Waals surface area contributed by atoms with Gasteiger partial charge < -0.3 is 10.6 Å². The second kappa shape index (κ2) is 4.95. The number of halogens is 1. The number of hydrogen-bond donors (Lipinski definition) is 1. The number of anilines is 1. The molecular weight excluding hydrogens is 234 g/mol. The van der Waals surface area contributed by atoms with Crippen molar-refractivity contribution in [3.05, 3.63) is 28.8 Å². The number of rotatable bonds is 4. The summed E-state index contributed by atoms with van der Waals surface area (Å²) in [7, 11) is 1.99. The Morgan fingerprint density at radius 1 is 1.59 bits per heavy atom. The number of likely N-dealkylation sites (N-methyl/N-ethyl adjacent to an activating group) is 1. The summed E-state index contributed by atoms with van der Waals surface area (Å²) < 4.78 is 0. The van der Waals surface area contributed by atoms with Crippen LogP contribution in [0.1, 0.15) is 18.4 Å². The SMILES string of the molecule is CN(c1cc(Cl)ccc1C#N)C(CN)C1CC1. The molecule has 2 rings (SSSR count). The van der Waals surface area contributed by atoms with Crippen molar-refractivity contribution in [2.75, 3.05) is 18.5 Å². The third-order valence-corrected chi connectivity index (χ3v) is 3.60. The van der Waals surface area contributed by atoms with E-state index < -0.39 is 0 Å². The van der Waals surface area contributed by atoms with E-state index in [0.717, 1.165) is 5.69 Å². The van der Waals surface area contributed by atoms with Crippen LogP contribution in [0.4, 0.5) is 5.69 Å². The molecule has 0 heterocycles. The summed E-state index contributed by atoms with van der Waals surface area (Å²) in [5.41, 5.74) is 7.35. The van der Waals surface area contributed by atoms with Crippen LogP contribution in [0.25, 0.3) is 0 Å². The fraction of sp³-hybridized carbons (Fsp3) is 0.462. The number of nitrogens with two attached hydrogens (primary N) is 1. The first kappa shape index (κ1) is 12.2. The van der Waals surface area contributed by atoms with Gasteiger partial charge in [-0.15, -0.1) is 0 Å². The summed E-state index contributed by atoms with van der Waals surface area (Å²) >= 11 is 5.99. The molecule has 1 saturated carbocycles. The summed E-state index contributed by atoms with van der Waals surface area (Å²) in [6, 6.07) is 7.85. The zero-order valence-corrected chi connectivity index (χ0v) is 10.6. The van der Waals surface area contributed by atoms with E-state index in [-0.39, 0.29) is 0 Å². The summed E-state index contributed by atoms with van der Waals surface area (Å²) in [4.78, 5) is 2.10. The van der Waals surface area contributed by atoms with E-state index in [1.165, 1.54) is 12.8 Å². The van der Waals surface area contributed by atoms with Crippen molar-refractivity contribution in [3.8, 4) is 6.07 Å². The highest BCUT2D eigenvalue weighted by Gasteiger charge is 2.33. The number of nitrogens with zero attached hydrogens (tertiary/aromatic N) is 2. The Bertz CT molecular complexity index is 448. The minimum Gasteiger partial charge on any atom is -0.369 e. The average molecular weight is 250 g/mol. The summed E-state index contributed by atoms with van der Waals surface area (Å²) in [6.07, 6.45) is 2.46. The lowest BCUT2D eigenvalue weighted by Gasteiger charge is -2.30. The van der Waals surface area contributed by atoms with E-state index in [1.807, 2.05) is 13.1 Å². The molecule has 1 aliphatic carbocycles. The molecule has 17 heavy (non-hydrogen) atoms. The Balaban J connectivity index is 2.31. The normalized spacial score (nSPS) is 16.4. The molecule has 0 amide bonds. The van der Waals surface area contributed by atoms with Gasteiger partial charge in [0.1, 0.15) is 6.07 Å². The van der Waals surface area contributed by atoms with Crippen LogP contribution in [0.2, 0.25) is 5.02 Å². The van der Waals surface area contributed by atoms with E-state index in [9.17, 15) is 0 Å². The van der Waals surface area contributed by atoms with Crippen LogP contribution in [0, 0.1) is 17.2 Å². The van der Waals surface area contributed by atoms with Gasteiger partial charge in [-0.05, 0) is 37.0 Å². The maximum Gasteiger partial charge on any atom is 0.101 e. The third-order valence-electron chi connectivity index (χ3n) is 3.37. The highest BCUT2D eigenvalue weighted by molar-refractivity contribution is 6.30. The lowest BCUT2D eigenvalue weighted by atomic mass is 10.1. The lowest BCUT2D eigenvalue weighted by Crippen LogP contribution is -2.40. The van der Waals surface area contributed by atoms with Crippen molar-refractivity contribution in [1.29, 1.82) is 5.26 Å². The fourth-order valence-corrected chi connectivity index (χ4v) is 2.38. The van der Waals surface area contributed by atoms with E-state index in [1.54, 1.807) is 12.1 Å².